The molecule has 0 bridgehead atoms. The zero-order chi connectivity index (χ0) is 21.8. The Bertz CT molecular complexity index is 1020. The van der Waals surface area contributed by atoms with Gasteiger partial charge in [0.2, 0.25) is 5.78 Å². The van der Waals surface area contributed by atoms with Crippen LogP contribution in [0.3, 0.4) is 0 Å². The summed E-state index contributed by atoms with van der Waals surface area (Å²) in [5.74, 6) is 1.59. The molecule has 0 saturated heterocycles. The molecule has 0 aromatic heterocycles. The summed E-state index contributed by atoms with van der Waals surface area (Å²) in [6.45, 7) is 1.53. The van der Waals surface area contributed by atoms with E-state index < -0.39 is 5.97 Å². The van der Waals surface area contributed by atoms with E-state index >= 15 is 0 Å². The van der Waals surface area contributed by atoms with E-state index in [0.29, 0.717) is 45.4 Å². The fourth-order valence-corrected chi connectivity index (χ4v) is 3.07. The van der Waals surface area contributed by atoms with Gasteiger partial charge >= 0.3 is 5.97 Å². The van der Waals surface area contributed by atoms with Crippen LogP contribution in [0.4, 0.5) is 0 Å². The summed E-state index contributed by atoms with van der Waals surface area (Å²) in [6.07, 6.45) is 1.58. The number of benzene rings is 2. The Balaban J connectivity index is 1.95. The van der Waals surface area contributed by atoms with Gasteiger partial charge in [0.05, 0.1) is 34.0 Å². The molecule has 1 aliphatic rings. The predicted molar refractivity (Wildman–Crippen MR) is 108 cm³/mol. The van der Waals surface area contributed by atoms with E-state index in [1.807, 2.05) is 0 Å². The fourth-order valence-electron chi connectivity index (χ4n) is 3.07. The Morgan fingerprint density at radius 2 is 1.63 bits per heavy atom. The van der Waals surface area contributed by atoms with Crippen LogP contribution in [0.2, 0.25) is 0 Å². The summed E-state index contributed by atoms with van der Waals surface area (Å²) < 4.78 is 31.8. The molecule has 1 heterocycles. The minimum Gasteiger partial charge on any atom is -0.496 e. The lowest BCUT2D eigenvalue weighted by Gasteiger charge is -2.12. The lowest BCUT2D eigenvalue weighted by Crippen LogP contribution is -2.12. The highest BCUT2D eigenvalue weighted by Gasteiger charge is 2.30. The number of carbonyl (C=O) groups is 2. The molecule has 0 spiro atoms. The second-order valence-electron chi connectivity index (χ2n) is 6.37. The number of hydrogen-bond acceptors (Lipinski definition) is 8. The van der Waals surface area contributed by atoms with E-state index in [-0.39, 0.29) is 18.1 Å². The minimum atomic E-state index is -0.508. The van der Waals surface area contributed by atoms with E-state index in [4.69, 9.17) is 23.7 Å². The summed E-state index contributed by atoms with van der Waals surface area (Å²) in [5.41, 5.74) is 1.69. The first-order valence-corrected chi connectivity index (χ1v) is 9.00. The van der Waals surface area contributed by atoms with Crippen LogP contribution in [0.5, 0.6) is 28.7 Å². The number of esters is 1. The van der Waals surface area contributed by atoms with Crippen molar-refractivity contribution in [1.29, 1.82) is 0 Å². The van der Waals surface area contributed by atoms with Gasteiger partial charge < -0.3 is 28.4 Å². The molecular formula is C22H22O8. The molecule has 0 saturated carbocycles. The lowest BCUT2D eigenvalue weighted by molar-refractivity contribution is -0.142. The van der Waals surface area contributed by atoms with Crippen LogP contribution in [-0.4, -0.2) is 46.8 Å². The van der Waals surface area contributed by atoms with E-state index in [1.54, 1.807) is 37.3 Å². The van der Waals surface area contributed by atoms with Gasteiger partial charge in [-0.1, -0.05) is 0 Å². The van der Waals surface area contributed by atoms with Gasteiger partial charge in [0.25, 0.3) is 0 Å². The van der Waals surface area contributed by atoms with Crippen molar-refractivity contribution in [3.05, 3.63) is 46.7 Å². The van der Waals surface area contributed by atoms with Gasteiger partial charge in [-0.25, -0.2) is 4.79 Å². The topological polar surface area (TPSA) is 89.5 Å². The predicted octanol–water partition coefficient (Wildman–Crippen LogP) is 3.19. The Labute approximate surface area is 173 Å². The number of methoxy groups -OCH3 is 4. The second-order valence-corrected chi connectivity index (χ2v) is 6.37. The highest BCUT2D eigenvalue weighted by molar-refractivity contribution is 6.15. The number of allylic oxidation sites excluding steroid dienone is 1. The molecule has 8 nitrogen and oxygen atoms in total. The van der Waals surface area contributed by atoms with Crippen LogP contribution in [0.15, 0.2) is 30.0 Å². The summed E-state index contributed by atoms with van der Waals surface area (Å²) in [5, 5.41) is 0. The third-order valence-electron chi connectivity index (χ3n) is 4.55. The zero-order valence-corrected chi connectivity index (χ0v) is 17.4. The van der Waals surface area contributed by atoms with Gasteiger partial charge in [-0.3, -0.25) is 4.79 Å². The first-order valence-electron chi connectivity index (χ1n) is 9.00. The molecule has 0 aliphatic carbocycles. The van der Waals surface area contributed by atoms with Crippen molar-refractivity contribution in [2.45, 2.75) is 6.92 Å². The maximum Gasteiger partial charge on any atom is 0.343 e. The number of ketones is 1. The Morgan fingerprint density at radius 1 is 0.967 bits per heavy atom. The quantitative estimate of drug-likeness (QED) is 0.504. The average molecular weight is 414 g/mol. The molecule has 0 radical (unpaired) electrons. The van der Waals surface area contributed by atoms with Crippen molar-refractivity contribution in [2.75, 3.05) is 35.0 Å². The standard InChI is InChI=1S/C22H22O8/c1-12-6-14(29-11-20(23)28-5)9-18-21(12)22(24)19(30-18)8-13-7-16(26-3)17(27-4)10-15(13)25-2/h6-10H,11H2,1-5H3/b19-8-. The van der Waals surface area contributed by atoms with Gasteiger partial charge in [-0.05, 0) is 30.7 Å². The van der Waals surface area contributed by atoms with Crippen LogP contribution in [0, 0.1) is 6.92 Å². The molecule has 2 aromatic carbocycles. The van der Waals surface area contributed by atoms with Gasteiger partial charge in [-0.2, -0.15) is 0 Å². The smallest absolute Gasteiger partial charge is 0.343 e. The summed E-state index contributed by atoms with van der Waals surface area (Å²) in [4.78, 5) is 24.2. The fraction of sp³-hybridized carbons (Fsp3) is 0.273. The number of carbonyl (C=O) groups excluding carboxylic acids is 2. The molecule has 2 aromatic rings. The third kappa shape index (κ3) is 4.03. The Morgan fingerprint density at radius 3 is 2.27 bits per heavy atom. The second kappa shape index (κ2) is 8.77. The van der Waals surface area contributed by atoms with E-state index in [2.05, 4.69) is 4.74 Å². The molecule has 0 amide bonds. The number of ether oxygens (including phenoxy) is 6. The van der Waals surface area contributed by atoms with E-state index in [1.165, 1.54) is 28.4 Å². The van der Waals surface area contributed by atoms with Crippen LogP contribution >= 0.6 is 0 Å². The molecule has 3 rings (SSSR count). The summed E-state index contributed by atoms with van der Waals surface area (Å²) >= 11 is 0. The first-order chi connectivity index (χ1) is 14.4. The highest BCUT2D eigenvalue weighted by Crippen LogP contribution is 2.40. The van der Waals surface area contributed by atoms with Crippen molar-refractivity contribution in [3.8, 4) is 28.7 Å². The molecular weight excluding hydrogens is 392 g/mol. The molecule has 0 unspecified atom stereocenters. The number of aryl methyl sites for hydroxylation is 1. The monoisotopic (exact) mass is 414 g/mol. The molecule has 30 heavy (non-hydrogen) atoms. The summed E-state index contributed by atoms with van der Waals surface area (Å²) in [6, 6.07) is 6.60. The molecule has 0 fully saturated rings. The van der Waals surface area contributed by atoms with Crippen LogP contribution < -0.4 is 23.7 Å². The van der Waals surface area contributed by atoms with Gasteiger partial charge in [-0.15, -0.1) is 0 Å². The van der Waals surface area contributed by atoms with Crippen molar-refractivity contribution < 1.29 is 38.0 Å². The lowest BCUT2D eigenvalue weighted by atomic mass is 10.0. The minimum absolute atomic E-state index is 0.128. The largest absolute Gasteiger partial charge is 0.496 e. The number of fused-ring (bicyclic) bond motifs is 1. The van der Waals surface area contributed by atoms with Crippen molar-refractivity contribution >= 4 is 17.8 Å². The highest BCUT2D eigenvalue weighted by atomic mass is 16.6. The van der Waals surface area contributed by atoms with Crippen molar-refractivity contribution in [1.82, 2.24) is 0 Å². The third-order valence-corrected chi connectivity index (χ3v) is 4.55. The maximum atomic E-state index is 12.9. The Kier molecular flexibility index (Phi) is 6.15. The van der Waals surface area contributed by atoms with Gasteiger partial charge in [0.1, 0.15) is 17.2 Å². The van der Waals surface area contributed by atoms with Crippen LogP contribution in [0.1, 0.15) is 21.5 Å². The van der Waals surface area contributed by atoms with Crippen molar-refractivity contribution in [2.24, 2.45) is 0 Å². The molecule has 0 N–H and O–H groups in total. The van der Waals surface area contributed by atoms with Crippen molar-refractivity contribution in [3.63, 3.8) is 0 Å². The van der Waals surface area contributed by atoms with Gasteiger partial charge in [0, 0.05) is 17.7 Å². The zero-order valence-electron chi connectivity index (χ0n) is 17.4. The number of Topliss-reactive ketones (excluding diaryl/α,β-unsaturated/α-hetero) is 1. The molecule has 158 valence electrons. The van der Waals surface area contributed by atoms with E-state index in [9.17, 15) is 9.59 Å². The summed E-state index contributed by atoms with van der Waals surface area (Å²) in [7, 11) is 5.84. The molecule has 0 atom stereocenters. The number of hydrogen-bond donors (Lipinski definition) is 0. The number of rotatable bonds is 7. The molecule has 1 aliphatic heterocycles. The van der Waals surface area contributed by atoms with Crippen LogP contribution in [-0.2, 0) is 9.53 Å². The normalized spacial score (nSPS) is 13.5. The average Bonchev–Trinajstić information content (AvgIpc) is 3.06. The first kappa shape index (κ1) is 21.0. The van der Waals surface area contributed by atoms with Crippen LogP contribution in [0.25, 0.3) is 6.08 Å². The SMILES string of the molecule is COC(=O)COc1cc(C)c2c(c1)O/C(=C\c1cc(OC)c(OC)cc1OC)C2=O. The maximum absolute atomic E-state index is 12.9. The Hall–Kier alpha value is -3.68. The van der Waals surface area contributed by atoms with Gasteiger partial charge in [0.15, 0.2) is 23.9 Å². The van der Waals surface area contributed by atoms with E-state index in [0.717, 1.165) is 0 Å². The molecule has 8 heteroatoms.